The maximum Gasteiger partial charge on any atom is 0.235 e. The maximum absolute atomic E-state index is 13.2. The van der Waals surface area contributed by atoms with Crippen LogP contribution in [-0.2, 0) is 4.79 Å². The highest BCUT2D eigenvalue weighted by Crippen LogP contribution is 2.34. The number of hydrogen-bond acceptors (Lipinski definition) is 5. The van der Waals surface area contributed by atoms with Gasteiger partial charge < -0.3 is 9.80 Å². The standard InChI is InChI=1S/C22H30ClN5OS/c1-15-12-16(2)14-27(13-15)20(29)17(3)30-22-25-24-21(26-10-6-7-11-26)28(22)19-9-5-4-8-18(19)23/h4-5,8-9,15-17H,6-7,10-14H2,1-3H3. The van der Waals surface area contributed by atoms with Crippen LogP contribution in [0.15, 0.2) is 29.4 Å². The van der Waals surface area contributed by atoms with Gasteiger partial charge in [0, 0.05) is 26.2 Å². The van der Waals surface area contributed by atoms with Gasteiger partial charge in [-0.25, -0.2) is 0 Å². The van der Waals surface area contributed by atoms with Gasteiger partial charge >= 0.3 is 0 Å². The van der Waals surface area contributed by atoms with Crippen molar-refractivity contribution in [1.82, 2.24) is 19.7 Å². The number of piperidine rings is 1. The third-order valence-electron chi connectivity index (χ3n) is 5.91. The quantitative estimate of drug-likeness (QED) is 0.631. The zero-order valence-electron chi connectivity index (χ0n) is 17.9. The zero-order valence-corrected chi connectivity index (χ0v) is 19.5. The molecule has 0 spiro atoms. The van der Waals surface area contributed by atoms with E-state index in [-0.39, 0.29) is 11.2 Å². The monoisotopic (exact) mass is 447 g/mol. The maximum atomic E-state index is 13.2. The van der Waals surface area contributed by atoms with Gasteiger partial charge in [-0.05, 0) is 50.2 Å². The number of aromatic nitrogens is 3. The Labute approximate surface area is 188 Å². The second-order valence-electron chi connectivity index (χ2n) is 8.71. The number of amides is 1. The average molecular weight is 448 g/mol. The molecule has 2 aliphatic heterocycles. The molecule has 0 radical (unpaired) electrons. The molecule has 2 aromatic rings. The van der Waals surface area contributed by atoms with Crippen LogP contribution >= 0.6 is 23.4 Å². The van der Waals surface area contributed by atoms with Crippen molar-refractivity contribution >= 4 is 35.2 Å². The number of benzene rings is 1. The summed E-state index contributed by atoms with van der Waals surface area (Å²) < 4.78 is 2.02. The first-order valence-corrected chi connectivity index (χ1v) is 12.1. The van der Waals surface area contributed by atoms with Crippen molar-refractivity contribution in [2.24, 2.45) is 11.8 Å². The molecule has 3 heterocycles. The number of thioether (sulfide) groups is 1. The average Bonchev–Trinajstić information content (AvgIpc) is 3.37. The van der Waals surface area contributed by atoms with E-state index in [2.05, 4.69) is 28.9 Å². The molecule has 8 heteroatoms. The van der Waals surface area contributed by atoms with Crippen molar-refractivity contribution in [3.63, 3.8) is 0 Å². The molecule has 3 unspecified atom stereocenters. The van der Waals surface area contributed by atoms with Crippen LogP contribution in [0, 0.1) is 11.8 Å². The van der Waals surface area contributed by atoms with E-state index in [1.165, 1.54) is 18.2 Å². The highest BCUT2D eigenvalue weighted by atomic mass is 35.5. The first-order valence-electron chi connectivity index (χ1n) is 10.8. The van der Waals surface area contributed by atoms with Crippen LogP contribution < -0.4 is 4.90 Å². The number of halogens is 1. The Bertz CT molecular complexity index is 887. The number of hydrogen-bond donors (Lipinski definition) is 0. The van der Waals surface area contributed by atoms with Gasteiger partial charge in [-0.2, -0.15) is 0 Å². The van der Waals surface area contributed by atoms with Crippen molar-refractivity contribution in [3.05, 3.63) is 29.3 Å². The van der Waals surface area contributed by atoms with E-state index in [4.69, 9.17) is 11.6 Å². The van der Waals surface area contributed by atoms with Crippen LogP contribution in [-0.4, -0.2) is 57.0 Å². The smallest absolute Gasteiger partial charge is 0.235 e. The summed E-state index contributed by atoms with van der Waals surface area (Å²) in [5.74, 6) is 2.07. The highest BCUT2D eigenvalue weighted by Gasteiger charge is 2.31. The molecule has 0 aliphatic carbocycles. The number of rotatable bonds is 5. The summed E-state index contributed by atoms with van der Waals surface area (Å²) in [7, 11) is 0. The fraction of sp³-hybridized carbons (Fsp3) is 0.591. The van der Waals surface area contributed by atoms with E-state index in [1.54, 1.807) is 0 Å². The van der Waals surface area contributed by atoms with Crippen molar-refractivity contribution in [1.29, 1.82) is 0 Å². The van der Waals surface area contributed by atoms with Crippen LogP contribution in [0.1, 0.15) is 40.0 Å². The lowest BCUT2D eigenvalue weighted by Crippen LogP contribution is -2.45. The number of likely N-dealkylation sites (tertiary alicyclic amines) is 1. The summed E-state index contributed by atoms with van der Waals surface area (Å²) in [6.45, 7) is 10.0. The van der Waals surface area contributed by atoms with Crippen molar-refractivity contribution in [2.45, 2.75) is 50.4 Å². The molecule has 3 atom stereocenters. The van der Waals surface area contributed by atoms with Crippen molar-refractivity contribution in [3.8, 4) is 5.69 Å². The molecule has 0 bridgehead atoms. The largest absolute Gasteiger partial charge is 0.341 e. The van der Waals surface area contributed by atoms with E-state index in [1.807, 2.05) is 40.7 Å². The molecule has 1 amide bonds. The van der Waals surface area contributed by atoms with Gasteiger partial charge in [0.25, 0.3) is 0 Å². The lowest BCUT2D eigenvalue weighted by molar-refractivity contribution is -0.132. The first-order chi connectivity index (χ1) is 14.4. The van der Waals surface area contributed by atoms with Crippen LogP contribution in [0.4, 0.5) is 5.95 Å². The normalized spacial score (nSPS) is 23.1. The molecule has 2 aliphatic rings. The molecule has 4 rings (SSSR count). The minimum absolute atomic E-state index is 0.176. The van der Waals surface area contributed by atoms with Crippen molar-refractivity contribution < 1.29 is 4.79 Å². The Kier molecular flexibility index (Phi) is 6.58. The van der Waals surface area contributed by atoms with E-state index in [0.717, 1.165) is 50.7 Å². The topological polar surface area (TPSA) is 54.3 Å². The Balaban J connectivity index is 1.61. The molecule has 1 aromatic heterocycles. The third-order valence-corrected chi connectivity index (χ3v) is 7.26. The van der Waals surface area contributed by atoms with Gasteiger partial charge in [-0.3, -0.25) is 9.36 Å². The predicted octanol–water partition coefficient (Wildman–Crippen LogP) is 4.51. The van der Waals surface area contributed by atoms with E-state index in [0.29, 0.717) is 22.0 Å². The molecule has 1 aromatic carbocycles. The highest BCUT2D eigenvalue weighted by molar-refractivity contribution is 8.00. The minimum atomic E-state index is -0.237. The number of anilines is 1. The number of carbonyl (C=O) groups is 1. The SMILES string of the molecule is CC1CC(C)CN(C(=O)C(C)Sc2nnc(N3CCCC3)n2-c2ccccc2Cl)C1. The molecule has 0 saturated carbocycles. The Morgan fingerprint density at radius 3 is 2.47 bits per heavy atom. The van der Waals surface area contributed by atoms with Crippen LogP contribution in [0.5, 0.6) is 0 Å². The fourth-order valence-electron chi connectivity index (χ4n) is 4.61. The minimum Gasteiger partial charge on any atom is -0.341 e. The number of para-hydroxylation sites is 1. The summed E-state index contributed by atoms with van der Waals surface area (Å²) in [6.07, 6.45) is 3.49. The Morgan fingerprint density at radius 2 is 1.80 bits per heavy atom. The molecule has 2 fully saturated rings. The lowest BCUT2D eigenvalue weighted by Gasteiger charge is -2.36. The van der Waals surface area contributed by atoms with Gasteiger partial charge in [-0.1, -0.05) is 49.3 Å². The van der Waals surface area contributed by atoms with Crippen LogP contribution in [0.2, 0.25) is 5.02 Å². The molecular weight excluding hydrogens is 418 g/mol. The molecule has 2 saturated heterocycles. The molecular formula is C22H30ClN5OS. The first kappa shape index (κ1) is 21.5. The van der Waals surface area contributed by atoms with Crippen LogP contribution in [0.3, 0.4) is 0 Å². The van der Waals surface area contributed by atoms with E-state index >= 15 is 0 Å². The molecule has 0 N–H and O–H groups in total. The summed E-state index contributed by atoms with van der Waals surface area (Å²) >= 11 is 8.01. The summed E-state index contributed by atoms with van der Waals surface area (Å²) in [6, 6.07) is 7.75. The van der Waals surface area contributed by atoms with Gasteiger partial charge in [0.15, 0.2) is 5.16 Å². The van der Waals surface area contributed by atoms with Crippen molar-refractivity contribution in [2.75, 3.05) is 31.1 Å². The third kappa shape index (κ3) is 4.47. The Hall–Kier alpha value is -1.73. The van der Waals surface area contributed by atoms with E-state index in [9.17, 15) is 4.79 Å². The van der Waals surface area contributed by atoms with Gasteiger partial charge in [0.2, 0.25) is 11.9 Å². The number of carbonyl (C=O) groups excluding carboxylic acids is 1. The lowest BCUT2D eigenvalue weighted by atomic mass is 9.92. The zero-order chi connectivity index (χ0) is 21.3. The second kappa shape index (κ2) is 9.18. The van der Waals surface area contributed by atoms with Gasteiger partial charge in [0.05, 0.1) is 16.0 Å². The summed E-state index contributed by atoms with van der Waals surface area (Å²) in [5.41, 5.74) is 0.855. The predicted molar refractivity (Wildman–Crippen MR) is 123 cm³/mol. The molecule has 6 nitrogen and oxygen atoms in total. The fourth-order valence-corrected chi connectivity index (χ4v) is 5.77. The summed E-state index contributed by atoms with van der Waals surface area (Å²) in [5, 5.41) is 10.1. The molecule has 30 heavy (non-hydrogen) atoms. The van der Waals surface area contributed by atoms with Gasteiger partial charge in [-0.15, -0.1) is 10.2 Å². The van der Waals surface area contributed by atoms with E-state index < -0.39 is 0 Å². The second-order valence-corrected chi connectivity index (χ2v) is 10.4. The number of nitrogens with zero attached hydrogens (tertiary/aromatic N) is 5. The molecule has 162 valence electrons. The van der Waals surface area contributed by atoms with Crippen LogP contribution in [0.25, 0.3) is 5.69 Å². The summed E-state index contributed by atoms with van der Waals surface area (Å²) in [4.78, 5) is 17.5. The Morgan fingerprint density at radius 1 is 1.13 bits per heavy atom. The van der Waals surface area contributed by atoms with Gasteiger partial charge in [0.1, 0.15) is 0 Å².